The van der Waals surface area contributed by atoms with Gasteiger partial charge in [0.2, 0.25) is 5.88 Å². The maximum Gasteiger partial charge on any atom is 0.417 e. The summed E-state index contributed by atoms with van der Waals surface area (Å²) in [5.41, 5.74) is 2.37. The number of ether oxygens (including phenoxy) is 3. The minimum Gasteiger partial charge on any atom is -0.472 e. The van der Waals surface area contributed by atoms with Gasteiger partial charge in [0, 0.05) is 43.6 Å². The lowest BCUT2D eigenvalue weighted by Gasteiger charge is -2.23. The number of methoxy groups -OCH3 is 1. The van der Waals surface area contributed by atoms with Gasteiger partial charge in [-0.1, -0.05) is 6.07 Å². The number of halogens is 6. The summed E-state index contributed by atoms with van der Waals surface area (Å²) in [6.07, 6.45) is -4.73. The van der Waals surface area contributed by atoms with Crippen LogP contribution in [0.15, 0.2) is 18.2 Å². The number of nitriles is 1. The molecule has 2 fully saturated rings. The first-order valence-electron chi connectivity index (χ1n) is 15.4. The van der Waals surface area contributed by atoms with Gasteiger partial charge in [0.05, 0.1) is 34.4 Å². The minimum atomic E-state index is -5.11. The summed E-state index contributed by atoms with van der Waals surface area (Å²) < 4.78 is 107. The summed E-state index contributed by atoms with van der Waals surface area (Å²) >= 11 is 0.676. The molecule has 2 aliphatic heterocycles. The highest BCUT2D eigenvalue weighted by Gasteiger charge is 2.39. The molecule has 2 aromatic heterocycles. The number of aromatic nitrogens is 2. The Labute approximate surface area is 275 Å². The fourth-order valence-corrected chi connectivity index (χ4v) is 7.32. The van der Waals surface area contributed by atoms with Crippen LogP contribution in [0.5, 0.6) is 11.9 Å². The number of hydrogen-bond acceptors (Lipinski definition) is 10. The van der Waals surface area contributed by atoms with Crippen molar-refractivity contribution in [3.8, 4) is 29.1 Å². The number of alkyl halides is 4. The molecule has 0 unspecified atom stereocenters. The second kappa shape index (κ2) is 13.9. The van der Waals surface area contributed by atoms with Crippen LogP contribution >= 0.6 is 11.3 Å². The Bertz CT molecular complexity index is 1860. The summed E-state index contributed by atoms with van der Waals surface area (Å²) in [5, 5.41) is 15.3. The molecule has 0 radical (unpaired) electrons. The molecule has 48 heavy (non-hydrogen) atoms. The van der Waals surface area contributed by atoms with Gasteiger partial charge in [-0.15, -0.1) is 11.3 Å². The van der Waals surface area contributed by atoms with Gasteiger partial charge in [-0.05, 0) is 49.4 Å². The van der Waals surface area contributed by atoms with Crippen LogP contribution in [0.2, 0.25) is 0 Å². The Morgan fingerprint density at radius 1 is 1.15 bits per heavy atom. The smallest absolute Gasteiger partial charge is 0.417 e. The number of nitrogens with two attached hydrogens (primary N) is 1. The van der Waals surface area contributed by atoms with Crippen LogP contribution in [0.4, 0.5) is 31.3 Å². The quantitative estimate of drug-likeness (QED) is 0.187. The van der Waals surface area contributed by atoms with Crippen LogP contribution in [-0.4, -0.2) is 68.2 Å². The monoisotopic (exact) mass is 694 g/mol. The largest absolute Gasteiger partial charge is 0.472 e. The van der Waals surface area contributed by atoms with Crippen molar-refractivity contribution in [3.05, 3.63) is 41.0 Å². The lowest BCUT2D eigenvalue weighted by molar-refractivity contribution is -0.137. The van der Waals surface area contributed by atoms with E-state index in [1.165, 1.54) is 7.11 Å². The molecule has 0 amide bonds. The molecule has 2 aliphatic rings. The highest BCUT2D eigenvalue weighted by atomic mass is 32.1. The Morgan fingerprint density at radius 2 is 1.96 bits per heavy atom. The predicted molar refractivity (Wildman–Crippen MR) is 168 cm³/mol. The number of nitrogens with zero attached hydrogens (tertiary/aromatic N) is 3. The topological polar surface area (TPSA) is 127 Å². The molecule has 256 valence electrons. The van der Waals surface area contributed by atoms with Crippen molar-refractivity contribution >= 4 is 37.3 Å². The molecule has 16 heteroatoms. The van der Waals surface area contributed by atoms with E-state index in [9.17, 15) is 27.2 Å². The fourth-order valence-electron chi connectivity index (χ4n) is 6.37. The highest BCUT2D eigenvalue weighted by molar-refractivity contribution is 7.23. The predicted octanol–water partition coefficient (Wildman–Crippen LogP) is 6.12. The van der Waals surface area contributed by atoms with E-state index in [0.29, 0.717) is 49.9 Å². The van der Waals surface area contributed by atoms with Crippen LogP contribution in [-0.2, 0) is 10.9 Å². The molecule has 0 saturated carbocycles. The van der Waals surface area contributed by atoms with Crippen LogP contribution in [0, 0.1) is 28.9 Å². The molecule has 4 atom stereocenters. The van der Waals surface area contributed by atoms with E-state index in [0.717, 1.165) is 18.6 Å². The number of thiophene rings is 1. The van der Waals surface area contributed by atoms with Crippen molar-refractivity contribution < 1.29 is 40.6 Å². The maximum atomic E-state index is 16.8. The van der Waals surface area contributed by atoms with Gasteiger partial charge in [-0.3, -0.25) is 0 Å². The Balaban J connectivity index is 1.51. The molecule has 9 nitrogen and oxygen atoms in total. The molecule has 4 aromatic rings. The second-order valence-electron chi connectivity index (χ2n) is 12.0. The van der Waals surface area contributed by atoms with Crippen molar-refractivity contribution in [1.29, 1.82) is 5.26 Å². The zero-order chi connectivity index (χ0) is 34.2. The van der Waals surface area contributed by atoms with Crippen molar-refractivity contribution in [2.24, 2.45) is 5.92 Å². The number of nitrogens with one attached hydrogen (secondary N) is 2. The number of anilines is 1. The van der Waals surface area contributed by atoms with Crippen molar-refractivity contribution in [1.82, 2.24) is 20.6 Å². The normalized spacial score (nSPS) is 22.0. The Hall–Kier alpha value is -3.91. The second-order valence-corrected chi connectivity index (χ2v) is 13.0. The zero-order valence-electron chi connectivity index (χ0n) is 25.7. The van der Waals surface area contributed by atoms with E-state index in [4.69, 9.17) is 19.9 Å². The summed E-state index contributed by atoms with van der Waals surface area (Å²) in [5.74, 6) is -2.77. The van der Waals surface area contributed by atoms with E-state index < -0.39 is 46.7 Å². The van der Waals surface area contributed by atoms with E-state index in [1.54, 1.807) is 6.07 Å². The molecular weight excluding hydrogens is 662 g/mol. The molecule has 0 spiro atoms. The Morgan fingerprint density at radius 3 is 2.71 bits per heavy atom. The van der Waals surface area contributed by atoms with E-state index in [1.807, 2.05) is 0 Å². The van der Waals surface area contributed by atoms with Crippen molar-refractivity contribution in [3.63, 3.8) is 0 Å². The fraction of sp³-hybridized carbons (Fsp3) is 0.469. The van der Waals surface area contributed by atoms with Crippen LogP contribution < -0.4 is 25.8 Å². The molecule has 4 N–H and O–H groups in total. The molecule has 6 rings (SSSR count). The van der Waals surface area contributed by atoms with Gasteiger partial charge in [0.15, 0.2) is 5.82 Å². The average molecular weight is 695 g/mol. The third-order valence-electron chi connectivity index (χ3n) is 8.58. The number of benzene rings is 2. The van der Waals surface area contributed by atoms with E-state index in [-0.39, 0.29) is 75.0 Å². The molecule has 4 heterocycles. The highest BCUT2D eigenvalue weighted by Crippen LogP contribution is 2.48. The molecule has 2 saturated heterocycles. The molecule has 0 aliphatic carbocycles. The van der Waals surface area contributed by atoms with E-state index in [2.05, 4.69) is 20.6 Å². The Kier molecular flexibility index (Phi) is 9.84. The van der Waals surface area contributed by atoms with Crippen LogP contribution in [0.3, 0.4) is 0 Å². The van der Waals surface area contributed by atoms with Gasteiger partial charge in [0.25, 0.3) is 0 Å². The van der Waals surface area contributed by atoms with Gasteiger partial charge >= 0.3 is 12.2 Å². The van der Waals surface area contributed by atoms with Gasteiger partial charge in [-0.2, -0.15) is 28.4 Å². The summed E-state index contributed by atoms with van der Waals surface area (Å²) in [7, 11) is 1.53. The first-order chi connectivity index (χ1) is 23.0. The maximum absolute atomic E-state index is 16.8. The summed E-state index contributed by atoms with van der Waals surface area (Å²) in [6, 6.07) is 3.92. The summed E-state index contributed by atoms with van der Waals surface area (Å²) in [6.45, 7) is 1.51. The molecule has 2 aromatic carbocycles. The average Bonchev–Trinajstić information content (AvgIpc) is 3.62. The summed E-state index contributed by atoms with van der Waals surface area (Å²) in [4.78, 5) is 8.47. The van der Waals surface area contributed by atoms with Gasteiger partial charge in [0.1, 0.15) is 34.7 Å². The third-order valence-corrected chi connectivity index (χ3v) is 9.60. The van der Waals surface area contributed by atoms with Crippen LogP contribution in [0.1, 0.15) is 36.8 Å². The minimum absolute atomic E-state index is 0.0142. The molecule has 0 bridgehead atoms. The number of fused-ring (bicyclic) bond motifs is 2. The standard InChI is InChI=1S/C32H32F6N6O3S/c1-45-14-17-8-18(12-42-17)47-30-20-9-22(32(36,37)38)25(19-4-5-23(34)28-24(19)21(10-39)29(40)48-28)26(35)27(20)43-31(44-30)46-13-15-3-2-6-41-11-16(33)7-15/h4-5,9,15-18,41-42H,2-3,6-8,11-14,40H2,1H3/t15-,16-,17+,18-/m1/s1. The number of nitrogen functional groups attached to an aromatic ring is 1. The van der Waals surface area contributed by atoms with E-state index >= 15 is 4.39 Å². The van der Waals surface area contributed by atoms with Gasteiger partial charge in [-0.25, -0.2) is 13.2 Å². The lowest BCUT2D eigenvalue weighted by Crippen LogP contribution is -2.31. The van der Waals surface area contributed by atoms with Crippen LogP contribution in [0.25, 0.3) is 32.1 Å². The lowest BCUT2D eigenvalue weighted by atomic mass is 9.92. The van der Waals surface area contributed by atoms with Crippen molar-refractivity contribution in [2.75, 3.05) is 45.7 Å². The zero-order valence-corrected chi connectivity index (χ0v) is 26.5. The molecular formula is C32H32F6N6O3S. The van der Waals surface area contributed by atoms with Gasteiger partial charge < -0.3 is 30.6 Å². The first-order valence-corrected chi connectivity index (χ1v) is 16.2. The third kappa shape index (κ3) is 6.82. The first kappa shape index (κ1) is 34.0. The number of rotatable bonds is 8. The SMILES string of the molecule is COC[C@@H]1C[C@@H](Oc2nc(OC[C@@H]3CCCNC[C@H](F)C3)nc3c(F)c(-c4ccc(F)c5sc(N)c(C#N)c45)c(C(F)(F)F)cc23)CN1. The van der Waals surface area contributed by atoms with Crippen molar-refractivity contribution in [2.45, 2.75) is 50.2 Å². The number of hydrogen-bond donors (Lipinski definition) is 3.